The molecule has 2 aliphatic rings. The van der Waals surface area contributed by atoms with Gasteiger partial charge < -0.3 is 5.32 Å². The molecule has 150 valence electrons. The number of allylic oxidation sites excluding steroid dienone is 4. The number of benzene rings is 1. The van der Waals surface area contributed by atoms with Crippen molar-refractivity contribution in [2.75, 3.05) is 17.6 Å². The number of thioether (sulfide) groups is 1. The Morgan fingerprint density at radius 3 is 2.71 bits per heavy atom. The summed E-state index contributed by atoms with van der Waals surface area (Å²) < 4.78 is 0. The molecule has 0 atom stereocenters. The first-order chi connectivity index (χ1) is 13.7. The molecule has 28 heavy (non-hydrogen) atoms. The van der Waals surface area contributed by atoms with Gasteiger partial charge in [0.05, 0.1) is 0 Å². The monoisotopic (exact) mass is 433 g/mol. The minimum absolute atomic E-state index is 0.685. The number of amidine groups is 1. The minimum Gasteiger partial charge on any atom is -0.332 e. The Morgan fingerprint density at radius 2 is 1.89 bits per heavy atom. The van der Waals surface area contributed by atoms with Crippen LogP contribution in [0.3, 0.4) is 0 Å². The number of rotatable bonds is 2. The number of hydrogen-bond donors (Lipinski definition) is 1. The van der Waals surface area contributed by atoms with E-state index in [0.717, 1.165) is 36.0 Å². The van der Waals surface area contributed by atoms with Gasteiger partial charge in [0.15, 0.2) is 10.3 Å². The van der Waals surface area contributed by atoms with E-state index in [4.69, 9.17) is 28.8 Å². The maximum atomic E-state index is 6.08. The minimum atomic E-state index is 0.685. The number of halogens is 1. The highest BCUT2D eigenvalue weighted by molar-refractivity contribution is 8.14. The quantitative estimate of drug-likeness (QED) is 0.400. The number of aliphatic imine (C=N–C) groups is 1. The standard InChI is InChI=1S/C22H28ClN3S2/c23-18-11-10-14-20(17-18)24-21(27)26-15-16-28-22(26)25-19-12-8-6-4-2-1-3-5-7-9-13-19/h1-2,10-11,13-14,17H,3-9,12,15-16H2,(H,24,27). The molecule has 0 spiro atoms. The van der Waals surface area contributed by atoms with Gasteiger partial charge >= 0.3 is 0 Å². The highest BCUT2D eigenvalue weighted by Crippen LogP contribution is 2.24. The van der Waals surface area contributed by atoms with E-state index in [-0.39, 0.29) is 0 Å². The van der Waals surface area contributed by atoms with Crippen LogP contribution in [0.1, 0.15) is 51.4 Å². The highest BCUT2D eigenvalue weighted by Gasteiger charge is 2.23. The van der Waals surface area contributed by atoms with E-state index in [1.165, 1.54) is 44.2 Å². The Hall–Kier alpha value is -1.30. The highest BCUT2D eigenvalue weighted by atomic mass is 35.5. The number of nitrogens with one attached hydrogen (secondary N) is 1. The summed E-state index contributed by atoms with van der Waals surface area (Å²) in [6.07, 6.45) is 16.4. The van der Waals surface area contributed by atoms with E-state index in [1.807, 2.05) is 24.3 Å². The molecular weight excluding hydrogens is 406 g/mol. The van der Waals surface area contributed by atoms with E-state index in [0.29, 0.717) is 10.1 Å². The molecule has 0 radical (unpaired) electrons. The average molecular weight is 434 g/mol. The van der Waals surface area contributed by atoms with E-state index < -0.39 is 0 Å². The zero-order valence-corrected chi connectivity index (χ0v) is 18.6. The molecule has 0 bridgehead atoms. The maximum absolute atomic E-state index is 6.08. The summed E-state index contributed by atoms with van der Waals surface area (Å²) in [5.41, 5.74) is 2.12. The summed E-state index contributed by atoms with van der Waals surface area (Å²) in [6, 6.07) is 7.64. The van der Waals surface area contributed by atoms with Gasteiger partial charge in [-0.25, -0.2) is 4.99 Å². The molecule has 6 heteroatoms. The molecule has 1 N–H and O–H groups in total. The van der Waals surface area contributed by atoms with Crippen LogP contribution in [0.4, 0.5) is 5.69 Å². The van der Waals surface area contributed by atoms with Gasteiger partial charge in [-0.05, 0) is 81.8 Å². The Morgan fingerprint density at radius 1 is 1.11 bits per heavy atom. The first-order valence-corrected chi connectivity index (χ1v) is 11.9. The Labute approximate surface area is 183 Å². The number of thiocarbonyl (C=S) groups is 1. The Kier molecular flexibility index (Phi) is 8.90. The molecule has 0 unspecified atom stereocenters. The lowest BCUT2D eigenvalue weighted by Gasteiger charge is -2.20. The molecule has 1 saturated heterocycles. The van der Waals surface area contributed by atoms with Crippen molar-refractivity contribution in [3.63, 3.8) is 0 Å². The zero-order valence-electron chi connectivity index (χ0n) is 16.2. The molecule has 1 aliphatic heterocycles. The van der Waals surface area contributed by atoms with Crippen LogP contribution in [-0.4, -0.2) is 27.5 Å². The first-order valence-electron chi connectivity index (χ1n) is 10.1. The van der Waals surface area contributed by atoms with E-state index in [9.17, 15) is 0 Å². The molecule has 1 heterocycles. The van der Waals surface area contributed by atoms with Crippen LogP contribution in [-0.2, 0) is 0 Å². The molecule has 0 amide bonds. The van der Waals surface area contributed by atoms with Gasteiger partial charge in [0.25, 0.3) is 0 Å². The fourth-order valence-corrected chi connectivity index (χ4v) is 4.77. The fraction of sp³-hybridized carbons (Fsp3) is 0.455. The van der Waals surface area contributed by atoms with E-state index >= 15 is 0 Å². The van der Waals surface area contributed by atoms with Gasteiger partial charge in [0, 0.05) is 28.7 Å². The lowest BCUT2D eigenvalue weighted by Crippen LogP contribution is -2.35. The third-order valence-electron chi connectivity index (χ3n) is 4.76. The third-order valence-corrected chi connectivity index (χ3v) is 6.28. The van der Waals surface area contributed by atoms with E-state index in [1.54, 1.807) is 11.8 Å². The van der Waals surface area contributed by atoms with Crippen molar-refractivity contribution in [2.24, 2.45) is 4.99 Å². The second-order valence-corrected chi connectivity index (χ2v) is 8.92. The smallest absolute Gasteiger partial charge is 0.179 e. The van der Waals surface area contributed by atoms with Crippen LogP contribution in [0, 0.1) is 0 Å². The van der Waals surface area contributed by atoms with Crippen molar-refractivity contribution in [3.8, 4) is 0 Å². The summed E-state index contributed by atoms with van der Waals surface area (Å²) in [5.74, 6) is 1.01. The van der Waals surface area contributed by atoms with Gasteiger partial charge in [-0.3, -0.25) is 4.90 Å². The number of anilines is 1. The third kappa shape index (κ3) is 6.94. The molecular formula is C22H28ClN3S2. The van der Waals surface area contributed by atoms with Crippen molar-refractivity contribution in [1.29, 1.82) is 0 Å². The van der Waals surface area contributed by atoms with Crippen LogP contribution in [0.15, 0.2) is 53.2 Å². The van der Waals surface area contributed by atoms with Crippen LogP contribution < -0.4 is 5.32 Å². The predicted molar refractivity (Wildman–Crippen MR) is 128 cm³/mol. The molecule has 0 saturated carbocycles. The van der Waals surface area contributed by atoms with Crippen molar-refractivity contribution in [3.05, 3.63) is 53.2 Å². The average Bonchev–Trinajstić information content (AvgIpc) is 3.12. The predicted octanol–water partition coefficient (Wildman–Crippen LogP) is 7.02. The second-order valence-electron chi connectivity index (χ2n) is 7.03. The SMILES string of the molecule is S=C(Nc1cccc(Cl)c1)N1CCSC1=NC1=CCCCCC=CCCCC1. The zero-order chi connectivity index (χ0) is 19.6. The lowest BCUT2D eigenvalue weighted by molar-refractivity contribution is 0.679. The molecule has 1 aromatic carbocycles. The van der Waals surface area contributed by atoms with E-state index in [2.05, 4.69) is 28.4 Å². The molecule has 3 nitrogen and oxygen atoms in total. The Balaban J connectivity index is 1.66. The number of nitrogens with zero attached hydrogens (tertiary/aromatic N) is 2. The molecule has 1 aromatic rings. The summed E-state index contributed by atoms with van der Waals surface area (Å²) >= 11 is 13.5. The normalized spacial score (nSPS) is 20.4. The maximum Gasteiger partial charge on any atom is 0.179 e. The summed E-state index contributed by atoms with van der Waals surface area (Å²) in [5, 5.41) is 5.70. The van der Waals surface area contributed by atoms with Gasteiger partial charge in [-0.2, -0.15) is 0 Å². The Bertz CT molecular complexity index is 758. The van der Waals surface area contributed by atoms with Gasteiger partial charge in [0.2, 0.25) is 0 Å². The first kappa shape index (κ1) is 21.4. The largest absolute Gasteiger partial charge is 0.332 e. The van der Waals surface area contributed by atoms with Crippen LogP contribution in [0.25, 0.3) is 0 Å². The second kappa shape index (κ2) is 11.6. The molecule has 1 fully saturated rings. The molecule has 0 aromatic heterocycles. The molecule has 1 aliphatic carbocycles. The molecule has 3 rings (SSSR count). The number of hydrogen-bond acceptors (Lipinski definition) is 3. The summed E-state index contributed by atoms with van der Waals surface area (Å²) in [4.78, 5) is 7.13. The van der Waals surface area contributed by atoms with Crippen molar-refractivity contribution >= 4 is 51.5 Å². The lowest BCUT2D eigenvalue weighted by atomic mass is 10.1. The van der Waals surface area contributed by atoms with Crippen molar-refractivity contribution in [1.82, 2.24) is 4.90 Å². The van der Waals surface area contributed by atoms with Crippen LogP contribution >= 0.6 is 35.6 Å². The van der Waals surface area contributed by atoms with Gasteiger partial charge in [-0.1, -0.05) is 47.7 Å². The van der Waals surface area contributed by atoms with Crippen molar-refractivity contribution < 1.29 is 0 Å². The summed E-state index contributed by atoms with van der Waals surface area (Å²) in [7, 11) is 0. The summed E-state index contributed by atoms with van der Waals surface area (Å²) in [6.45, 7) is 0.883. The van der Waals surface area contributed by atoms with Crippen LogP contribution in [0.2, 0.25) is 5.02 Å². The van der Waals surface area contributed by atoms with Crippen LogP contribution in [0.5, 0.6) is 0 Å². The van der Waals surface area contributed by atoms with Crippen molar-refractivity contribution in [2.45, 2.75) is 51.4 Å². The topological polar surface area (TPSA) is 27.6 Å². The van der Waals surface area contributed by atoms with Gasteiger partial charge in [0.1, 0.15) is 0 Å². The fourth-order valence-electron chi connectivity index (χ4n) is 3.25. The van der Waals surface area contributed by atoms with Gasteiger partial charge in [-0.15, -0.1) is 0 Å².